The summed E-state index contributed by atoms with van der Waals surface area (Å²) in [5, 5.41) is 0. The molecule has 0 bridgehead atoms. The molecule has 27 heavy (non-hydrogen) atoms. The van der Waals surface area contributed by atoms with Crippen LogP contribution in [0.25, 0.3) is 17.3 Å². The summed E-state index contributed by atoms with van der Waals surface area (Å²) in [6.07, 6.45) is 11.3. The van der Waals surface area contributed by atoms with E-state index in [0.29, 0.717) is 6.42 Å². The number of nitrogens with zero attached hydrogens (tertiary/aromatic N) is 3. The van der Waals surface area contributed by atoms with Crippen molar-refractivity contribution < 1.29 is 4.39 Å². The molecule has 2 aliphatic rings. The quantitative estimate of drug-likeness (QED) is 0.668. The minimum Gasteiger partial charge on any atom is -0.265 e. The molecule has 0 radical (unpaired) electrons. The predicted octanol–water partition coefficient (Wildman–Crippen LogP) is 4.95. The monoisotopic (exact) mass is 353 g/mol. The van der Waals surface area contributed by atoms with Crippen LogP contribution in [0.3, 0.4) is 0 Å². The van der Waals surface area contributed by atoms with Crippen molar-refractivity contribution in [1.82, 2.24) is 9.97 Å². The number of allylic oxidation sites excluding steroid dienone is 2. The lowest BCUT2D eigenvalue weighted by molar-refractivity contribution is 0.628. The second-order valence-electron chi connectivity index (χ2n) is 6.63. The van der Waals surface area contributed by atoms with Gasteiger partial charge in [0.25, 0.3) is 0 Å². The minimum atomic E-state index is -0.239. The van der Waals surface area contributed by atoms with Crippen molar-refractivity contribution in [2.75, 3.05) is 0 Å². The third-order valence-corrected chi connectivity index (χ3v) is 5.00. The van der Waals surface area contributed by atoms with E-state index in [1.54, 1.807) is 24.5 Å². The highest BCUT2D eigenvalue weighted by Gasteiger charge is 2.24. The van der Waals surface area contributed by atoms with Crippen molar-refractivity contribution in [3.05, 3.63) is 101 Å². The van der Waals surface area contributed by atoms with E-state index in [2.05, 4.69) is 28.2 Å². The van der Waals surface area contributed by atoms with E-state index in [1.165, 1.54) is 28.8 Å². The van der Waals surface area contributed by atoms with Crippen LogP contribution in [0.15, 0.2) is 72.1 Å². The van der Waals surface area contributed by atoms with Crippen molar-refractivity contribution >= 4 is 23.1 Å². The molecule has 1 aromatic carbocycles. The molecule has 0 atom stereocenters. The fourth-order valence-corrected chi connectivity index (χ4v) is 3.69. The number of halogens is 1. The third-order valence-electron chi connectivity index (χ3n) is 5.00. The molecule has 3 nitrogen and oxygen atoms in total. The van der Waals surface area contributed by atoms with Gasteiger partial charge in [0.15, 0.2) is 0 Å². The molecule has 0 saturated heterocycles. The van der Waals surface area contributed by atoms with Gasteiger partial charge in [0.1, 0.15) is 5.82 Å². The minimum absolute atomic E-state index is 0.239. The first-order valence-corrected chi connectivity index (χ1v) is 8.91. The van der Waals surface area contributed by atoms with E-state index < -0.39 is 0 Å². The van der Waals surface area contributed by atoms with Gasteiger partial charge >= 0.3 is 0 Å². The maximum Gasteiger partial charge on any atom is 0.123 e. The number of aliphatic imine (C=N–C) groups is 1. The van der Waals surface area contributed by atoms with Gasteiger partial charge in [0.2, 0.25) is 0 Å². The van der Waals surface area contributed by atoms with E-state index >= 15 is 0 Å². The zero-order valence-electron chi connectivity index (χ0n) is 14.6. The molecule has 1 aliphatic heterocycles. The molecule has 3 aromatic rings. The maximum absolute atomic E-state index is 13.3. The van der Waals surface area contributed by atoms with Gasteiger partial charge in [-0.3, -0.25) is 15.0 Å². The van der Waals surface area contributed by atoms with Crippen molar-refractivity contribution in [3.8, 4) is 0 Å². The average molecular weight is 353 g/mol. The Labute approximate surface area is 156 Å². The number of hydrogen-bond acceptors (Lipinski definition) is 3. The first-order chi connectivity index (χ1) is 13.3. The summed E-state index contributed by atoms with van der Waals surface area (Å²) in [7, 11) is 0. The van der Waals surface area contributed by atoms with Crippen LogP contribution in [0.2, 0.25) is 0 Å². The molecule has 5 rings (SSSR count). The summed E-state index contributed by atoms with van der Waals surface area (Å²) in [5.41, 5.74) is 8.49. The first-order valence-electron chi connectivity index (χ1n) is 8.91. The lowest BCUT2D eigenvalue weighted by Crippen LogP contribution is -2.00. The molecule has 0 spiro atoms. The second kappa shape index (κ2) is 6.40. The van der Waals surface area contributed by atoms with Crippen LogP contribution < -0.4 is 0 Å². The predicted molar refractivity (Wildman–Crippen MR) is 106 cm³/mol. The molecule has 0 saturated carbocycles. The molecule has 3 heterocycles. The number of pyridine rings is 2. The molecule has 0 N–H and O–H groups in total. The van der Waals surface area contributed by atoms with Crippen LogP contribution >= 0.6 is 0 Å². The smallest absolute Gasteiger partial charge is 0.123 e. The molecular formula is C23H16FN3. The molecule has 4 heteroatoms. The zero-order valence-corrected chi connectivity index (χ0v) is 14.6. The van der Waals surface area contributed by atoms with Gasteiger partial charge in [-0.1, -0.05) is 24.3 Å². The van der Waals surface area contributed by atoms with Gasteiger partial charge in [0.05, 0.1) is 17.1 Å². The summed E-state index contributed by atoms with van der Waals surface area (Å²) in [5.74, 6) is -0.239. The summed E-state index contributed by atoms with van der Waals surface area (Å²) in [6, 6.07) is 12.6. The summed E-state index contributed by atoms with van der Waals surface area (Å²) in [4.78, 5) is 13.6. The highest BCUT2D eigenvalue weighted by Crippen LogP contribution is 2.39. The molecule has 0 unspecified atom stereocenters. The number of aromatic nitrogens is 2. The summed E-state index contributed by atoms with van der Waals surface area (Å²) < 4.78 is 13.3. The fraction of sp³-hybridized carbons (Fsp3) is 0.0870. The normalized spacial score (nSPS) is 15.2. The van der Waals surface area contributed by atoms with Crippen molar-refractivity contribution in [1.29, 1.82) is 0 Å². The van der Waals surface area contributed by atoms with Gasteiger partial charge in [-0.15, -0.1) is 0 Å². The van der Waals surface area contributed by atoms with Gasteiger partial charge in [-0.05, 0) is 47.0 Å². The number of rotatable bonds is 3. The maximum atomic E-state index is 13.3. The second-order valence-corrected chi connectivity index (χ2v) is 6.63. The van der Waals surface area contributed by atoms with Gasteiger partial charge in [0, 0.05) is 42.6 Å². The van der Waals surface area contributed by atoms with Crippen LogP contribution in [-0.4, -0.2) is 15.7 Å². The average Bonchev–Trinajstić information content (AvgIpc) is 3.36. The third kappa shape index (κ3) is 2.79. The molecule has 130 valence electrons. The largest absolute Gasteiger partial charge is 0.265 e. The van der Waals surface area contributed by atoms with E-state index in [4.69, 9.17) is 4.99 Å². The summed E-state index contributed by atoms with van der Waals surface area (Å²) >= 11 is 0. The number of hydrogen-bond donors (Lipinski definition) is 0. The first kappa shape index (κ1) is 15.8. The standard InChI is InChI=1S/C23H16FN3/c24-17-6-4-15(5-7-17)22-14-20(23(27-22)16-8-11-25-12-9-16)18-10-13-26-21-3-1-2-19(18)21/h1-2,4-13H,3,14H2. The Hall–Kier alpha value is -3.40. The molecule has 0 fully saturated rings. The van der Waals surface area contributed by atoms with E-state index in [-0.39, 0.29) is 5.82 Å². The topological polar surface area (TPSA) is 38.1 Å². The van der Waals surface area contributed by atoms with Crippen LogP contribution in [0.4, 0.5) is 4.39 Å². The van der Waals surface area contributed by atoms with Gasteiger partial charge in [-0.25, -0.2) is 4.39 Å². The van der Waals surface area contributed by atoms with Gasteiger partial charge < -0.3 is 0 Å². The van der Waals surface area contributed by atoms with Crippen LogP contribution in [0, 0.1) is 5.82 Å². The Bertz CT molecular complexity index is 1110. The van der Waals surface area contributed by atoms with Crippen LogP contribution in [-0.2, 0) is 6.42 Å². The number of benzene rings is 1. The van der Waals surface area contributed by atoms with Crippen molar-refractivity contribution in [2.45, 2.75) is 12.8 Å². The Balaban J connectivity index is 1.65. The Morgan fingerprint density at radius 2 is 1.67 bits per heavy atom. The lowest BCUT2D eigenvalue weighted by Gasteiger charge is -2.11. The number of fused-ring (bicyclic) bond motifs is 1. The highest BCUT2D eigenvalue weighted by molar-refractivity contribution is 6.17. The van der Waals surface area contributed by atoms with Crippen molar-refractivity contribution in [2.24, 2.45) is 4.99 Å². The molecule has 0 amide bonds. The van der Waals surface area contributed by atoms with Gasteiger partial charge in [-0.2, -0.15) is 0 Å². The molecule has 1 aliphatic carbocycles. The van der Waals surface area contributed by atoms with Crippen molar-refractivity contribution in [3.63, 3.8) is 0 Å². The highest BCUT2D eigenvalue weighted by atomic mass is 19.1. The lowest BCUT2D eigenvalue weighted by atomic mass is 9.93. The van der Waals surface area contributed by atoms with Crippen LogP contribution in [0.1, 0.15) is 34.4 Å². The van der Waals surface area contributed by atoms with Crippen LogP contribution in [0.5, 0.6) is 0 Å². The molecule has 2 aromatic heterocycles. The Morgan fingerprint density at radius 1 is 0.852 bits per heavy atom. The Morgan fingerprint density at radius 3 is 2.48 bits per heavy atom. The van der Waals surface area contributed by atoms with E-state index in [9.17, 15) is 4.39 Å². The summed E-state index contributed by atoms with van der Waals surface area (Å²) in [6.45, 7) is 0. The van der Waals surface area contributed by atoms with E-state index in [1.807, 2.05) is 18.3 Å². The fourth-order valence-electron chi connectivity index (χ4n) is 3.69. The zero-order chi connectivity index (χ0) is 18.2. The SMILES string of the molecule is Fc1ccc(C2=NC(c3ccncc3)=C(c3ccnc4c3C=CC4)C2)cc1. The molecular weight excluding hydrogens is 337 g/mol. The van der Waals surface area contributed by atoms with E-state index in [0.717, 1.165) is 34.7 Å². The Kier molecular flexibility index (Phi) is 3.75.